The van der Waals surface area contributed by atoms with Crippen LogP contribution in [0.3, 0.4) is 0 Å². The first-order valence-corrected chi connectivity index (χ1v) is 6.57. The number of Topliss-reactive ketones (excluding diaryl/α,β-unsaturated/α-hetero) is 1. The minimum Gasteiger partial charge on any atom is -0.444 e. The van der Waals surface area contributed by atoms with Crippen LogP contribution in [0, 0.1) is 0 Å². The van der Waals surface area contributed by atoms with Crippen LogP contribution >= 0.6 is 11.3 Å². The van der Waals surface area contributed by atoms with Crippen molar-refractivity contribution in [3.63, 3.8) is 0 Å². The summed E-state index contributed by atoms with van der Waals surface area (Å²) < 4.78 is 5.11. The third kappa shape index (κ3) is 5.27. The predicted molar refractivity (Wildman–Crippen MR) is 69.9 cm³/mol. The molecule has 0 aliphatic rings. The highest BCUT2D eigenvalue weighted by molar-refractivity contribution is 7.11. The molecule has 100 valence electrons. The monoisotopic (exact) mass is 270 g/mol. The van der Waals surface area contributed by atoms with E-state index in [2.05, 4.69) is 10.3 Å². The topological polar surface area (TPSA) is 68.3 Å². The van der Waals surface area contributed by atoms with Gasteiger partial charge in [-0.25, -0.2) is 4.79 Å². The van der Waals surface area contributed by atoms with Crippen LogP contribution in [-0.4, -0.2) is 28.5 Å². The quantitative estimate of drug-likeness (QED) is 0.854. The van der Waals surface area contributed by atoms with E-state index >= 15 is 0 Å². The molecule has 1 heterocycles. The number of amides is 1. The molecule has 0 fully saturated rings. The fourth-order valence-corrected chi connectivity index (χ4v) is 1.86. The standard InChI is InChI=1S/C12H18N2O3S/c1-8(14-11(16)17-12(2,3)4)5-9(15)10-6-13-7-18-10/h6-8H,5H2,1-4H3,(H,14,16)/t8-/m1/s1. The first-order chi connectivity index (χ1) is 8.28. The van der Waals surface area contributed by atoms with Gasteiger partial charge < -0.3 is 10.1 Å². The maximum Gasteiger partial charge on any atom is 0.407 e. The van der Waals surface area contributed by atoms with Gasteiger partial charge >= 0.3 is 6.09 Å². The Labute approximate surface area is 111 Å². The van der Waals surface area contributed by atoms with E-state index in [1.165, 1.54) is 17.5 Å². The zero-order chi connectivity index (χ0) is 13.8. The molecule has 1 aromatic rings. The lowest BCUT2D eigenvalue weighted by Gasteiger charge is -2.21. The molecular formula is C12H18N2O3S. The van der Waals surface area contributed by atoms with Crippen molar-refractivity contribution in [2.24, 2.45) is 0 Å². The number of aromatic nitrogens is 1. The van der Waals surface area contributed by atoms with E-state index in [1.807, 2.05) is 0 Å². The zero-order valence-electron chi connectivity index (χ0n) is 11.0. The van der Waals surface area contributed by atoms with Crippen molar-refractivity contribution < 1.29 is 14.3 Å². The van der Waals surface area contributed by atoms with E-state index < -0.39 is 11.7 Å². The lowest BCUT2D eigenvalue weighted by molar-refractivity contribution is 0.0506. The second-order valence-corrected chi connectivity index (χ2v) is 5.93. The number of carbonyl (C=O) groups excluding carboxylic acids is 2. The Hall–Kier alpha value is -1.43. The van der Waals surface area contributed by atoms with Crippen LogP contribution in [-0.2, 0) is 4.74 Å². The van der Waals surface area contributed by atoms with Gasteiger partial charge in [0.15, 0.2) is 5.78 Å². The summed E-state index contributed by atoms with van der Waals surface area (Å²) in [5.74, 6) is -0.0268. The summed E-state index contributed by atoms with van der Waals surface area (Å²) >= 11 is 1.30. The third-order valence-corrected chi connectivity index (χ3v) is 2.78. The highest BCUT2D eigenvalue weighted by Gasteiger charge is 2.19. The van der Waals surface area contributed by atoms with E-state index in [9.17, 15) is 9.59 Å². The Morgan fingerprint density at radius 2 is 2.17 bits per heavy atom. The van der Waals surface area contributed by atoms with E-state index in [1.54, 1.807) is 33.2 Å². The van der Waals surface area contributed by atoms with Crippen molar-refractivity contribution >= 4 is 23.2 Å². The number of ether oxygens (including phenoxy) is 1. The molecule has 18 heavy (non-hydrogen) atoms. The van der Waals surface area contributed by atoms with Crippen molar-refractivity contribution in [2.45, 2.75) is 45.8 Å². The number of nitrogens with zero attached hydrogens (tertiary/aromatic N) is 1. The molecule has 0 saturated carbocycles. The van der Waals surface area contributed by atoms with Gasteiger partial charge in [0.25, 0.3) is 0 Å². The maximum absolute atomic E-state index is 11.8. The maximum atomic E-state index is 11.8. The number of alkyl carbamates (subject to hydrolysis) is 1. The SMILES string of the molecule is C[C@H](CC(=O)c1cncs1)NC(=O)OC(C)(C)C. The van der Waals surface area contributed by atoms with Gasteiger partial charge in [-0.05, 0) is 27.7 Å². The lowest BCUT2D eigenvalue weighted by Crippen LogP contribution is -2.38. The average Bonchev–Trinajstić information content (AvgIpc) is 2.65. The Kier molecular flexibility index (Phi) is 4.84. The summed E-state index contributed by atoms with van der Waals surface area (Å²) in [5.41, 5.74) is 1.07. The average molecular weight is 270 g/mol. The normalized spacial score (nSPS) is 12.9. The number of hydrogen-bond acceptors (Lipinski definition) is 5. The minimum atomic E-state index is -0.536. The molecule has 1 atom stereocenters. The van der Waals surface area contributed by atoms with E-state index in [-0.39, 0.29) is 18.2 Å². The molecule has 1 aromatic heterocycles. The van der Waals surface area contributed by atoms with E-state index in [0.29, 0.717) is 4.88 Å². The Bertz CT molecular complexity index is 409. The second-order valence-electron chi connectivity index (χ2n) is 5.04. The summed E-state index contributed by atoms with van der Waals surface area (Å²) in [6, 6.07) is -0.269. The number of hydrogen-bond donors (Lipinski definition) is 1. The summed E-state index contributed by atoms with van der Waals surface area (Å²) in [4.78, 5) is 27.7. The summed E-state index contributed by atoms with van der Waals surface area (Å²) in [5, 5.41) is 2.63. The number of rotatable bonds is 4. The molecule has 1 rings (SSSR count). The Morgan fingerprint density at radius 3 is 2.67 bits per heavy atom. The molecule has 5 nitrogen and oxygen atoms in total. The fourth-order valence-electron chi connectivity index (χ4n) is 1.29. The molecule has 6 heteroatoms. The molecule has 0 aromatic carbocycles. The largest absolute Gasteiger partial charge is 0.444 e. The molecular weight excluding hydrogens is 252 g/mol. The Morgan fingerprint density at radius 1 is 1.50 bits per heavy atom. The van der Waals surface area contributed by atoms with Gasteiger partial charge in [-0.3, -0.25) is 9.78 Å². The molecule has 0 aliphatic heterocycles. The number of thiazole rings is 1. The fraction of sp³-hybridized carbons (Fsp3) is 0.583. The van der Waals surface area contributed by atoms with Gasteiger partial charge in [-0.2, -0.15) is 0 Å². The molecule has 0 bridgehead atoms. The first kappa shape index (κ1) is 14.6. The number of nitrogens with one attached hydrogen (secondary N) is 1. The van der Waals surface area contributed by atoms with Gasteiger partial charge in [0.05, 0.1) is 10.4 Å². The first-order valence-electron chi connectivity index (χ1n) is 5.69. The number of ketones is 1. The van der Waals surface area contributed by atoms with Crippen molar-refractivity contribution in [3.05, 3.63) is 16.6 Å². The van der Waals surface area contributed by atoms with Crippen LogP contribution < -0.4 is 5.32 Å². The molecule has 0 radical (unpaired) electrons. The molecule has 1 N–H and O–H groups in total. The van der Waals surface area contributed by atoms with Crippen LogP contribution in [0.4, 0.5) is 4.79 Å². The van der Waals surface area contributed by atoms with Gasteiger partial charge in [0, 0.05) is 18.7 Å². The van der Waals surface area contributed by atoms with Gasteiger partial charge in [0.1, 0.15) is 5.60 Å². The third-order valence-electron chi connectivity index (χ3n) is 1.96. The van der Waals surface area contributed by atoms with Gasteiger partial charge in [0.2, 0.25) is 0 Å². The van der Waals surface area contributed by atoms with Gasteiger partial charge in [-0.15, -0.1) is 11.3 Å². The van der Waals surface area contributed by atoms with E-state index in [4.69, 9.17) is 4.74 Å². The molecule has 1 amide bonds. The van der Waals surface area contributed by atoms with Crippen molar-refractivity contribution in [3.8, 4) is 0 Å². The van der Waals surface area contributed by atoms with Crippen LogP contribution in [0.2, 0.25) is 0 Å². The highest BCUT2D eigenvalue weighted by atomic mass is 32.1. The van der Waals surface area contributed by atoms with E-state index in [0.717, 1.165) is 0 Å². The van der Waals surface area contributed by atoms with Crippen LogP contribution in [0.25, 0.3) is 0 Å². The molecule has 0 unspecified atom stereocenters. The highest BCUT2D eigenvalue weighted by Crippen LogP contribution is 2.11. The summed E-state index contributed by atoms with van der Waals surface area (Å²) in [7, 11) is 0. The number of carbonyl (C=O) groups is 2. The molecule has 0 aliphatic carbocycles. The smallest absolute Gasteiger partial charge is 0.407 e. The molecule has 0 saturated heterocycles. The van der Waals surface area contributed by atoms with Crippen molar-refractivity contribution in [1.29, 1.82) is 0 Å². The van der Waals surface area contributed by atoms with Crippen LogP contribution in [0.15, 0.2) is 11.7 Å². The van der Waals surface area contributed by atoms with Crippen LogP contribution in [0.5, 0.6) is 0 Å². The predicted octanol–water partition coefficient (Wildman–Crippen LogP) is 2.63. The minimum absolute atomic E-state index is 0.0268. The van der Waals surface area contributed by atoms with Gasteiger partial charge in [-0.1, -0.05) is 0 Å². The Balaban J connectivity index is 2.40. The van der Waals surface area contributed by atoms with Crippen molar-refractivity contribution in [1.82, 2.24) is 10.3 Å². The summed E-state index contributed by atoms with van der Waals surface area (Å²) in [6.07, 6.45) is 1.27. The lowest BCUT2D eigenvalue weighted by atomic mass is 10.1. The molecule has 0 spiro atoms. The zero-order valence-corrected chi connectivity index (χ0v) is 11.8. The summed E-state index contributed by atoms with van der Waals surface area (Å²) in [6.45, 7) is 7.14. The van der Waals surface area contributed by atoms with Crippen molar-refractivity contribution in [2.75, 3.05) is 0 Å². The second kappa shape index (κ2) is 5.95. The van der Waals surface area contributed by atoms with Crippen LogP contribution in [0.1, 0.15) is 43.8 Å².